The number of pyridine rings is 1. The Morgan fingerprint density at radius 2 is 1.79 bits per heavy atom. The minimum atomic E-state index is -1.08. The zero-order chi connectivity index (χ0) is 39.3. The predicted octanol–water partition coefficient (Wildman–Crippen LogP) is 7.23. The minimum absolute atomic E-state index is 0.0245. The fourth-order valence-electron chi connectivity index (χ4n) is 7.26. The van der Waals surface area contributed by atoms with Crippen molar-refractivity contribution in [1.82, 2.24) is 34.6 Å². The zero-order valence-corrected chi connectivity index (χ0v) is 32.7. The summed E-state index contributed by atoms with van der Waals surface area (Å²) in [5.41, 5.74) is 6.72. The number of carboxylic acids is 1. The van der Waals surface area contributed by atoms with E-state index in [1.165, 1.54) is 11.3 Å². The monoisotopic (exact) mass is 781 g/mol. The van der Waals surface area contributed by atoms with Crippen molar-refractivity contribution in [2.24, 2.45) is 0 Å². The molecule has 0 saturated carbocycles. The van der Waals surface area contributed by atoms with Crippen LogP contribution in [0.15, 0.2) is 91.4 Å². The third-order valence-corrected chi connectivity index (χ3v) is 11.1. The molecule has 1 aliphatic heterocycles. The smallest absolute Gasteiger partial charge is 0.354 e. The standard InChI is InChI=1S/C43H43N9O4S/c1-50(2)22-6-5-12-35-33-25-46-52(40(33)45-27-44-35)30-16-18-31(19-17-30)56-24-8-10-29-15-20-38(48-39(29)42(54)55)51-23-21-28-9-7-11-32(34(28)26-51)41(53)49-43-47-36-13-3-4-14-37(36)57-43/h3-4,7,9,11,13-20,25,27H,5-6,8,10,12,21-24,26H2,1-2H3,(H,54,55)(H,47,49,53). The number of nitrogens with zero attached hydrogens (tertiary/aromatic N) is 8. The molecule has 0 bridgehead atoms. The van der Waals surface area contributed by atoms with Gasteiger partial charge in [-0.2, -0.15) is 5.10 Å². The van der Waals surface area contributed by atoms with Crippen molar-refractivity contribution in [2.45, 2.75) is 45.1 Å². The topological polar surface area (TPSA) is 151 Å². The number of fused-ring (bicyclic) bond motifs is 3. The van der Waals surface area contributed by atoms with Crippen LogP contribution in [-0.2, 0) is 25.8 Å². The lowest BCUT2D eigenvalue weighted by Gasteiger charge is -2.31. The number of ether oxygens (including phenoxy) is 1. The van der Waals surface area contributed by atoms with Crippen LogP contribution in [0.4, 0.5) is 10.9 Å². The minimum Gasteiger partial charge on any atom is -0.494 e. The number of aromatic carboxylic acids is 1. The first-order chi connectivity index (χ1) is 27.8. The van der Waals surface area contributed by atoms with Crippen molar-refractivity contribution in [3.63, 3.8) is 0 Å². The molecule has 0 saturated heterocycles. The Morgan fingerprint density at radius 1 is 0.930 bits per heavy atom. The molecule has 14 heteroatoms. The summed E-state index contributed by atoms with van der Waals surface area (Å²) in [4.78, 5) is 48.4. The lowest BCUT2D eigenvalue weighted by atomic mass is 9.94. The molecule has 8 rings (SSSR count). The van der Waals surface area contributed by atoms with Crippen molar-refractivity contribution in [1.29, 1.82) is 0 Å². The lowest BCUT2D eigenvalue weighted by molar-refractivity contribution is 0.0688. The van der Waals surface area contributed by atoms with E-state index in [0.29, 0.717) is 66.8 Å². The normalized spacial score (nSPS) is 12.6. The SMILES string of the molecule is CN(C)CCCCc1ncnc2c1cnn2-c1ccc(OCCCc2ccc(N3CCc4cccc(C(=O)Nc5nc6ccccc6s5)c4C3)nc2C(=O)O)cc1. The molecular formula is C43H43N9O4S. The van der Waals surface area contributed by atoms with Gasteiger partial charge in [-0.25, -0.2) is 29.4 Å². The van der Waals surface area contributed by atoms with E-state index in [1.54, 1.807) is 6.33 Å². The maximum Gasteiger partial charge on any atom is 0.354 e. The number of rotatable bonds is 15. The summed E-state index contributed by atoms with van der Waals surface area (Å²) in [7, 11) is 4.17. The van der Waals surface area contributed by atoms with E-state index in [1.807, 2.05) is 94.6 Å². The van der Waals surface area contributed by atoms with Gasteiger partial charge in [0.1, 0.15) is 17.9 Å². The Bertz CT molecular complexity index is 2520. The molecule has 4 aromatic heterocycles. The van der Waals surface area contributed by atoms with Crippen molar-refractivity contribution >= 4 is 55.4 Å². The number of benzene rings is 3. The summed E-state index contributed by atoms with van der Waals surface area (Å²) in [5, 5.41) is 19.3. The Morgan fingerprint density at radius 3 is 2.61 bits per heavy atom. The molecule has 5 heterocycles. The molecule has 2 N–H and O–H groups in total. The largest absolute Gasteiger partial charge is 0.494 e. The molecule has 0 atom stereocenters. The number of carbonyl (C=O) groups excluding carboxylic acids is 1. The summed E-state index contributed by atoms with van der Waals surface area (Å²) < 4.78 is 8.86. The highest BCUT2D eigenvalue weighted by molar-refractivity contribution is 7.22. The molecule has 57 heavy (non-hydrogen) atoms. The van der Waals surface area contributed by atoms with Crippen LogP contribution in [0.3, 0.4) is 0 Å². The van der Waals surface area contributed by atoms with Gasteiger partial charge in [-0.3, -0.25) is 10.1 Å². The van der Waals surface area contributed by atoms with Crippen molar-refractivity contribution in [3.05, 3.63) is 125 Å². The second-order valence-corrected chi connectivity index (χ2v) is 15.4. The van der Waals surface area contributed by atoms with Gasteiger partial charge in [-0.1, -0.05) is 41.7 Å². The fraction of sp³-hybridized carbons (Fsp3) is 0.279. The average Bonchev–Trinajstić information content (AvgIpc) is 3.85. The first-order valence-electron chi connectivity index (χ1n) is 19.1. The molecule has 0 aliphatic carbocycles. The van der Waals surface area contributed by atoms with E-state index in [9.17, 15) is 14.7 Å². The Labute approximate surface area is 334 Å². The van der Waals surface area contributed by atoms with Crippen LogP contribution in [0.5, 0.6) is 5.75 Å². The molecular weight excluding hydrogens is 739 g/mol. The van der Waals surface area contributed by atoms with Gasteiger partial charge in [0.15, 0.2) is 16.5 Å². The summed E-state index contributed by atoms with van der Waals surface area (Å²) >= 11 is 1.44. The van der Waals surface area contributed by atoms with Gasteiger partial charge in [-0.15, -0.1) is 0 Å². The molecule has 1 aliphatic rings. The summed E-state index contributed by atoms with van der Waals surface area (Å²) in [6.45, 7) is 2.53. The van der Waals surface area contributed by atoms with Gasteiger partial charge in [0.05, 0.1) is 39.8 Å². The summed E-state index contributed by atoms with van der Waals surface area (Å²) in [6, 6.07) is 24.9. The summed E-state index contributed by atoms with van der Waals surface area (Å²) in [5.74, 6) is -0.0359. The van der Waals surface area contributed by atoms with Crippen LogP contribution < -0.4 is 15.0 Å². The second-order valence-electron chi connectivity index (χ2n) is 14.4. The van der Waals surface area contributed by atoms with Gasteiger partial charge in [0.25, 0.3) is 5.91 Å². The van der Waals surface area contributed by atoms with Gasteiger partial charge < -0.3 is 19.6 Å². The molecule has 290 valence electrons. The molecule has 0 spiro atoms. The quantitative estimate of drug-likeness (QED) is 0.101. The van der Waals surface area contributed by atoms with Crippen LogP contribution in [0.25, 0.3) is 26.9 Å². The van der Waals surface area contributed by atoms with Gasteiger partial charge in [0.2, 0.25) is 0 Å². The van der Waals surface area contributed by atoms with Crippen molar-refractivity contribution in [2.75, 3.05) is 44.0 Å². The van der Waals surface area contributed by atoms with Crippen molar-refractivity contribution < 1.29 is 19.4 Å². The van der Waals surface area contributed by atoms with Crippen LogP contribution >= 0.6 is 11.3 Å². The number of anilines is 2. The third kappa shape index (κ3) is 8.47. The zero-order valence-electron chi connectivity index (χ0n) is 31.9. The maximum absolute atomic E-state index is 13.5. The number of aryl methyl sites for hydroxylation is 2. The number of hydrogen-bond acceptors (Lipinski definition) is 11. The number of carboxylic acid groups (broad SMARTS) is 1. The van der Waals surface area contributed by atoms with E-state index in [0.717, 1.165) is 69.6 Å². The van der Waals surface area contributed by atoms with Crippen LogP contribution in [0.2, 0.25) is 0 Å². The number of thiazole rings is 1. The number of para-hydroxylation sites is 1. The molecule has 0 radical (unpaired) electrons. The van der Waals surface area contributed by atoms with E-state index in [-0.39, 0.29) is 11.6 Å². The average molecular weight is 782 g/mol. The van der Waals surface area contributed by atoms with E-state index < -0.39 is 5.97 Å². The van der Waals surface area contributed by atoms with Crippen LogP contribution in [0, 0.1) is 0 Å². The van der Waals surface area contributed by atoms with Crippen LogP contribution in [0.1, 0.15) is 62.5 Å². The van der Waals surface area contributed by atoms with Gasteiger partial charge >= 0.3 is 5.97 Å². The van der Waals surface area contributed by atoms with Gasteiger partial charge in [-0.05, 0) is 124 Å². The molecule has 0 fully saturated rings. The highest BCUT2D eigenvalue weighted by Crippen LogP contribution is 2.30. The number of unbranched alkanes of at least 4 members (excludes halogenated alkanes) is 1. The maximum atomic E-state index is 13.5. The van der Waals surface area contributed by atoms with Crippen molar-refractivity contribution in [3.8, 4) is 11.4 Å². The molecule has 13 nitrogen and oxygen atoms in total. The highest BCUT2D eigenvalue weighted by atomic mass is 32.1. The first-order valence-corrected chi connectivity index (χ1v) is 19.9. The second kappa shape index (κ2) is 16.9. The highest BCUT2D eigenvalue weighted by Gasteiger charge is 2.25. The fourth-order valence-corrected chi connectivity index (χ4v) is 8.12. The van der Waals surface area contributed by atoms with E-state index >= 15 is 0 Å². The summed E-state index contributed by atoms with van der Waals surface area (Å²) in [6.07, 6.45) is 8.26. The van der Waals surface area contributed by atoms with E-state index in [4.69, 9.17) is 4.74 Å². The van der Waals surface area contributed by atoms with Gasteiger partial charge in [0, 0.05) is 18.7 Å². The molecule has 3 aromatic carbocycles. The molecule has 7 aromatic rings. The predicted molar refractivity (Wildman–Crippen MR) is 222 cm³/mol. The number of hydrogen-bond donors (Lipinski definition) is 2. The molecule has 0 unspecified atom stereocenters. The number of amides is 1. The Balaban J connectivity index is 0.876. The Kier molecular flexibility index (Phi) is 11.1. The van der Waals surface area contributed by atoms with Crippen LogP contribution in [-0.4, -0.2) is 85.4 Å². The number of nitrogens with one attached hydrogen (secondary N) is 1. The van der Waals surface area contributed by atoms with E-state index in [2.05, 4.69) is 49.3 Å². The number of aromatic nitrogens is 6. The molecule has 1 amide bonds. The lowest BCUT2D eigenvalue weighted by Crippen LogP contribution is -2.33. The number of carbonyl (C=O) groups is 2. The Hall–Kier alpha value is -6.25. The third-order valence-electron chi connectivity index (χ3n) is 10.2. The first kappa shape index (κ1) is 37.7.